The van der Waals surface area contributed by atoms with Crippen molar-refractivity contribution in [1.82, 2.24) is 4.90 Å². The zero-order valence-electron chi connectivity index (χ0n) is 8.93. The van der Waals surface area contributed by atoms with Crippen molar-refractivity contribution >= 4 is 11.7 Å². The molecule has 1 saturated carbocycles. The molecule has 4 atom stereocenters. The molecular weight excluding hydrogens is 202 g/mol. The standard InChI is InChI=1S/C13H13NO2/c15-10-6-9-3-4-11(16)14(9)13-8-2-1-7(5-8)12(10)13/h1-2,6-8,12-13H,3-5H2/t7-,8+,12-,13-/m0/s1. The Labute approximate surface area is 93.8 Å². The van der Waals surface area contributed by atoms with E-state index in [4.69, 9.17) is 0 Å². The lowest BCUT2D eigenvalue weighted by Gasteiger charge is -2.38. The van der Waals surface area contributed by atoms with Gasteiger partial charge in [-0.25, -0.2) is 0 Å². The highest BCUT2D eigenvalue weighted by Gasteiger charge is 2.54. The lowest BCUT2D eigenvalue weighted by atomic mass is 9.82. The summed E-state index contributed by atoms with van der Waals surface area (Å²) in [4.78, 5) is 25.9. The van der Waals surface area contributed by atoms with Crippen LogP contribution in [0.4, 0.5) is 0 Å². The van der Waals surface area contributed by atoms with Gasteiger partial charge in [-0.2, -0.15) is 0 Å². The van der Waals surface area contributed by atoms with E-state index in [1.807, 2.05) is 4.90 Å². The fourth-order valence-electron chi connectivity index (χ4n) is 3.92. The summed E-state index contributed by atoms with van der Waals surface area (Å²) in [6.07, 6.45) is 8.50. The summed E-state index contributed by atoms with van der Waals surface area (Å²) in [7, 11) is 0. The molecule has 3 nitrogen and oxygen atoms in total. The molecule has 0 aromatic heterocycles. The molecule has 4 aliphatic rings. The summed E-state index contributed by atoms with van der Waals surface area (Å²) in [5.41, 5.74) is 0.970. The first-order chi connectivity index (χ1) is 7.75. The summed E-state index contributed by atoms with van der Waals surface area (Å²) >= 11 is 0. The minimum atomic E-state index is 0.0563. The van der Waals surface area contributed by atoms with E-state index in [1.54, 1.807) is 6.08 Å². The van der Waals surface area contributed by atoms with Gasteiger partial charge in [-0.3, -0.25) is 9.59 Å². The molecule has 82 valence electrons. The number of hydrogen-bond acceptors (Lipinski definition) is 2. The van der Waals surface area contributed by atoms with Crippen molar-refractivity contribution < 1.29 is 9.59 Å². The number of fused-ring (bicyclic) bond motifs is 7. The molecule has 0 aromatic carbocycles. The Kier molecular flexibility index (Phi) is 1.45. The van der Waals surface area contributed by atoms with E-state index < -0.39 is 0 Å². The Balaban J connectivity index is 1.86. The summed E-state index contributed by atoms with van der Waals surface area (Å²) in [5.74, 6) is 1.33. The number of rotatable bonds is 0. The zero-order valence-corrected chi connectivity index (χ0v) is 8.93. The van der Waals surface area contributed by atoms with Crippen LogP contribution in [0.15, 0.2) is 23.9 Å². The van der Waals surface area contributed by atoms with Gasteiger partial charge >= 0.3 is 0 Å². The van der Waals surface area contributed by atoms with Gasteiger partial charge in [0.05, 0.1) is 6.04 Å². The molecule has 0 N–H and O–H groups in total. The number of allylic oxidation sites excluding steroid dienone is 3. The second-order valence-corrected chi connectivity index (χ2v) is 5.27. The third-order valence-corrected chi connectivity index (χ3v) is 4.53. The molecule has 0 aromatic rings. The fourth-order valence-corrected chi connectivity index (χ4v) is 3.92. The van der Waals surface area contributed by atoms with Gasteiger partial charge in [0.15, 0.2) is 5.78 Å². The number of ketones is 1. The van der Waals surface area contributed by atoms with Crippen molar-refractivity contribution in [2.45, 2.75) is 25.3 Å². The van der Waals surface area contributed by atoms with Crippen LogP contribution in [-0.2, 0) is 9.59 Å². The Morgan fingerprint density at radius 2 is 1.94 bits per heavy atom. The molecule has 0 spiro atoms. The van der Waals surface area contributed by atoms with Gasteiger partial charge in [0, 0.05) is 24.1 Å². The maximum absolute atomic E-state index is 12.1. The van der Waals surface area contributed by atoms with E-state index in [0.29, 0.717) is 18.3 Å². The van der Waals surface area contributed by atoms with Crippen molar-refractivity contribution in [3.05, 3.63) is 23.9 Å². The largest absolute Gasteiger partial charge is 0.312 e. The summed E-state index contributed by atoms with van der Waals surface area (Å²) < 4.78 is 0. The maximum Gasteiger partial charge on any atom is 0.227 e. The Hall–Kier alpha value is -1.38. The molecule has 1 saturated heterocycles. The van der Waals surface area contributed by atoms with Crippen molar-refractivity contribution in [3.8, 4) is 0 Å². The first-order valence-corrected chi connectivity index (χ1v) is 6.00. The number of carbonyl (C=O) groups excluding carboxylic acids is 2. The lowest BCUT2D eigenvalue weighted by Crippen LogP contribution is -2.48. The number of hydrogen-bond donors (Lipinski definition) is 0. The first kappa shape index (κ1) is 8.74. The topological polar surface area (TPSA) is 37.4 Å². The van der Waals surface area contributed by atoms with Gasteiger partial charge in [-0.05, 0) is 24.7 Å². The smallest absolute Gasteiger partial charge is 0.227 e. The van der Waals surface area contributed by atoms with Crippen LogP contribution in [-0.4, -0.2) is 22.6 Å². The van der Waals surface area contributed by atoms with E-state index >= 15 is 0 Å². The van der Waals surface area contributed by atoms with Gasteiger partial charge in [-0.1, -0.05) is 12.2 Å². The van der Waals surface area contributed by atoms with E-state index in [-0.39, 0.29) is 23.7 Å². The van der Waals surface area contributed by atoms with Gasteiger partial charge in [0.2, 0.25) is 5.91 Å². The molecule has 2 heterocycles. The SMILES string of the molecule is O=C1C=C2CCC(=O)N2[C@@H]2[C@H]1[C@H]1C=C[C@@H]2C1. The predicted octanol–water partition coefficient (Wildman–Crippen LogP) is 1.27. The van der Waals surface area contributed by atoms with E-state index in [0.717, 1.165) is 18.5 Å². The van der Waals surface area contributed by atoms with Crippen LogP contribution in [0.3, 0.4) is 0 Å². The highest BCUT2D eigenvalue weighted by Crippen LogP contribution is 2.51. The number of nitrogens with zero attached hydrogens (tertiary/aromatic N) is 1. The minimum Gasteiger partial charge on any atom is -0.312 e. The molecule has 0 radical (unpaired) electrons. The average molecular weight is 215 g/mol. The molecule has 2 bridgehead atoms. The van der Waals surface area contributed by atoms with Crippen LogP contribution >= 0.6 is 0 Å². The second kappa shape index (κ2) is 2.65. The highest BCUT2D eigenvalue weighted by molar-refractivity contribution is 5.98. The number of carbonyl (C=O) groups is 2. The van der Waals surface area contributed by atoms with Crippen molar-refractivity contribution in [1.29, 1.82) is 0 Å². The summed E-state index contributed by atoms with van der Waals surface area (Å²) in [6, 6.07) is 0.150. The molecule has 1 amide bonds. The molecule has 4 rings (SSSR count). The Morgan fingerprint density at radius 3 is 2.81 bits per heavy atom. The quantitative estimate of drug-likeness (QED) is 0.570. The molecule has 3 heteroatoms. The lowest BCUT2D eigenvalue weighted by molar-refractivity contribution is -0.132. The molecule has 2 aliphatic heterocycles. The third kappa shape index (κ3) is 0.856. The number of amides is 1. The molecule has 16 heavy (non-hydrogen) atoms. The molecular formula is C13H13NO2. The van der Waals surface area contributed by atoms with Gasteiger partial charge in [0.1, 0.15) is 0 Å². The summed E-state index contributed by atoms with van der Waals surface area (Å²) in [5, 5.41) is 0. The first-order valence-electron chi connectivity index (χ1n) is 6.00. The van der Waals surface area contributed by atoms with E-state index in [2.05, 4.69) is 12.2 Å². The molecule has 0 unspecified atom stereocenters. The predicted molar refractivity (Wildman–Crippen MR) is 57.2 cm³/mol. The maximum atomic E-state index is 12.1. The van der Waals surface area contributed by atoms with Crippen molar-refractivity contribution in [2.24, 2.45) is 17.8 Å². The van der Waals surface area contributed by atoms with Crippen LogP contribution in [0.1, 0.15) is 19.3 Å². The average Bonchev–Trinajstić information content (AvgIpc) is 2.92. The Morgan fingerprint density at radius 1 is 1.12 bits per heavy atom. The Bertz CT molecular complexity index is 463. The molecule has 2 fully saturated rings. The monoisotopic (exact) mass is 215 g/mol. The van der Waals surface area contributed by atoms with Crippen molar-refractivity contribution in [2.75, 3.05) is 0 Å². The van der Waals surface area contributed by atoms with E-state index in [1.165, 1.54) is 0 Å². The van der Waals surface area contributed by atoms with E-state index in [9.17, 15) is 9.59 Å². The second-order valence-electron chi connectivity index (χ2n) is 5.27. The fraction of sp³-hybridized carbons (Fsp3) is 0.538. The van der Waals surface area contributed by atoms with Gasteiger partial charge in [0.25, 0.3) is 0 Å². The third-order valence-electron chi connectivity index (χ3n) is 4.53. The van der Waals surface area contributed by atoms with Gasteiger partial charge < -0.3 is 4.90 Å². The summed E-state index contributed by atoms with van der Waals surface area (Å²) in [6.45, 7) is 0. The van der Waals surface area contributed by atoms with Gasteiger partial charge in [-0.15, -0.1) is 0 Å². The minimum absolute atomic E-state index is 0.0563. The normalized spacial score (nSPS) is 43.8. The molecule has 2 aliphatic carbocycles. The van der Waals surface area contributed by atoms with Crippen LogP contribution in [0.2, 0.25) is 0 Å². The van der Waals surface area contributed by atoms with Crippen LogP contribution in [0.5, 0.6) is 0 Å². The van der Waals surface area contributed by atoms with Crippen molar-refractivity contribution in [3.63, 3.8) is 0 Å². The zero-order chi connectivity index (χ0) is 10.9. The highest BCUT2D eigenvalue weighted by atomic mass is 16.2. The van der Waals surface area contributed by atoms with Crippen LogP contribution in [0, 0.1) is 17.8 Å². The van der Waals surface area contributed by atoms with Crippen LogP contribution in [0.25, 0.3) is 0 Å². The van der Waals surface area contributed by atoms with Crippen LogP contribution < -0.4 is 0 Å².